The molecule has 0 amide bonds. The van der Waals surface area contributed by atoms with E-state index in [0.29, 0.717) is 0 Å². The van der Waals surface area contributed by atoms with Crippen LogP contribution in [0.4, 0.5) is 0 Å². The molecule has 7 aromatic rings. The molecule has 180 valence electrons. The van der Waals surface area contributed by atoms with Crippen molar-refractivity contribution in [1.82, 2.24) is 9.97 Å². The van der Waals surface area contributed by atoms with Gasteiger partial charge in [-0.1, -0.05) is 91.0 Å². The molecular weight excluding hydrogens is 595 g/mol. The molecule has 0 fully saturated rings. The van der Waals surface area contributed by atoms with Gasteiger partial charge in [0.2, 0.25) is 0 Å². The van der Waals surface area contributed by atoms with Crippen LogP contribution >= 0.6 is 33.9 Å². The Morgan fingerprint density at radius 3 is 1.76 bits per heavy atom. The van der Waals surface area contributed by atoms with E-state index in [2.05, 4.69) is 150 Å². The molecule has 0 radical (unpaired) electrons. The van der Waals surface area contributed by atoms with Gasteiger partial charge >= 0.3 is 0 Å². The summed E-state index contributed by atoms with van der Waals surface area (Å²) in [7, 11) is 0. The van der Waals surface area contributed by atoms with Crippen molar-refractivity contribution < 1.29 is 0 Å². The number of rotatable bonds is 4. The van der Waals surface area contributed by atoms with Gasteiger partial charge < -0.3 is 0 Å². The van der Waals surface area contributed by atoms with E-state index >= 15 is 0 Å². The van der Waals surface area contributed by atoms with E-state index in [1.807, 2.05) is 11.3 Å². The first-order valence-electron chi connectivity index (χ1n) is 12.4. The second-order valence-corrected chi connectivity index (χ2v) is 11.4. The van der Waals surface area contributed by atoms with E-state index in [9.17, 15) is 0 Å². The maximum Gasteiger partial charge on any atom is 0.160 e. The summed E-state index contributed by atoms with van der Waals surface area (Å²) in [4.78, 5) is 9.92. The maximum absolute atomic E-state index is 5.09. The SMILES string of the molecule is Ic1cc(-c2cc(-c3ccccc3)cc(-c3ccccc3)c2)nc(-c2ccc3c(c2)sc2ccccc23)n1. The highest BCUT2D eigenvalue weighted by molar-refractivity contribution is 14.1. The molecular formula is C34H21IN2S. The Labute approximate surface area is 238 Å². The molecule has 7 rings (SSSR count). The molecule has 0 saturated heterocycles. The summed E-state index contributed by atoms with van der Waals surface area (Å²) in [6.45, 7) is 0. The fraction of sp³-hybridized carbons (Fsp3) is 0. The Morgan fingerprint density at radius 2 is 1.05 bits per heavy atom. The molecule has 0 aliphatic carbocycles. The first-order valence-corrected chi connectivity index (χ1v) is 14.3. The van der Waals surface area contributed by atoms with Gasteiger partial charge in [-0.2, -0.15) is 0 Å². The molecule has 0 N–H and O–H groups in total. The number of hydrogen-bond donors (Lipinski definition) is 0. The zero-order valence-electron chi connectivity index (χ0n) is 20.3. The summed E-state index contributed by atoms with van der Waals surface area (Å²) >= 11 is 4.12. The minimum absolute atomic E-state index is 0.748. The zero-order chi connectivity index (χ0) is 25.5. The molecule has 0 spiro atoms. The van der Waals surface area contributed by atoms with Crippen molar-refractivity contribution in [2.24, 2.45) is 0 Å². The maximum atomic E-state index is 5.09. The lowest BCUT2D eigenvalue weighted by Gasteiger charge is -2.12. The van der Waals surface area contributed by atoms with Crippen molar-refractivity contribution >= 4 is 54.1 Å². The van der Waals surface area contributed by atoms with Crippen LogP contribution in [-0.2, 0) is 0 Å². The van der Waals surface area contributed by atoms with Crippen molar-refractivity contribution in [3.63, 3.8) is 0 Å². The topological polar surface area (TPSA) is 25.8 Å². The summed E-state index contributed by atoms with van der Waals surface area (Å²) < 4.78 is 3.48. The zero-order valence-corrected chi connectivity index (χ0v) is 23.3. The summed E-state index contributed by atoms with van der Waals surface area (Å²) in [5.74, 6) is 0.748. The lowest BCUT2D eigenvalue weighted by Crippen LogP contribution is -1.96. The van der Waals surface area contributed by atoms with Gasteiger partial charge in [0.25, 0.3) is 0 Å². The molecule has 2 nitrogen and oxygen atoms in total. The molecule has 5 aromatic carbocycles. The van der Waals surface area contributed by atoms with Crippen LogP contribution in [0.25, 0.3) is 65.1 Å². The molecule has 2 aromatic heterocycles. The average molecular weight is 617 g/mol. The quantitative estimate of drug-likeness (QED) is 0.145. The molecule has 4 heteroatoms. The highest BCUT2D eigenvalue weighted by Gasteiger charge is 2.13. The Kier molecular flexibility index (Phi) is 5.99. The Hall–Kier alpha value is -3.87. The van der Waals surface area contributed by atoms with Gasteiger partial charge in [-0.15, -0.1) is 11.3 Å². The smallest absolute Gasteiger partial charge is 0.160 e. The number of benzene rings is 5. The van der Waals surface area contributed by atoms with E-state index in [0.717, 1.165) is 26.3 Å². The first-order chi connectivity index (χ1) is 18.7. The summed E-state index contributed by atoms with van der Waals surface area (Å²) in [6, 6.07) is 45.0. The number of nitrogens with zero attached hydrogens (tertiary/aromatic N) is 2. The normalized spacial score (nSPS) is 11.3. The molecule has 0 aliphatic heterocycles. The van der Waals surface area contributed by atoms with Gasteiger partial charge in [0.15, 0.2) is 5.82 Å². The minimum Gasteiger partial charge on any atom is -0.228 e. The van der Waals surface area contributed by atoms with Crippen molar-refractivity contribution in [2.75, 3.05) is 0 Å². The summed E-state index contributed by atoms with van der Waals surface area (Å²) in [5, 5.41) is 2.58. The highest BCUT2D eigenvalue weighted by atomic mass is 127. The predicted octanol–water partition coefficient (Wildman–Crippen LogP) is 10.1. The predicted molar refractivity (Wildman–Crippen MR) is 169 cm³/mol. The Balaban J connectivity index is 1.38. The third-order valence-corrected chi connectivity index (χ3v) is 8.46. The highest BCUT2D eigenvalue weighted by Crippen LogP contribution is 2.37. The fourth-order valence-corrected chi connectivity index (χ4v) is 6.60. The second kappa shape index (κ2) is 9.78. The van der Waals surface area contributed by atoms with E-state index in [-0.39, 0.29) is 0 Å². The molecule has 0 aliphatic rings. The molecule has 0 bridgehead atoms. The molecule has 0 saturated carbocycles. The lowest BCUT2D eigenvalue weighted by molar-refractivity contribution is 1.15. The monoisotopic (exact) mass is 616 g/mol. The van der Waals surface area contributed by atoms with Crippen LogP contribution in [-0.4, -0.2) is 9.97 Å². The van der Waals surface area contributed by atoms with E-state index in [1.165, 1.54) is 42.4 Å². The second-order valence-electron chi connectivity index (χ2n) is 9.24. The van der Waals surface area contributed by atoms with E-state index in [4.69, 9.17) is 9.97 Å². The van der Waals surface area contributed by atoms with Crippen LogP contribution in [0.3, 0.4) is 0 Å². The molecule has 0 atom stereocenters. The standard InChI is InChI=1S/C34H21IN2S/c35-33-21-30(36-34(37-33)24-15-16-29-28-13-7-8-14-31(28)38-32(29)20-24)27-18-25(22-9-3-1-4-10-22)17-26(19-27)23-11-5-2-6-12-23/h1-21H. The van der Waals surface area contributed by atoms with E-state index in [1.54, 1.807) is 0 Å². The van der Waals surface area contributed by atoms with Crippen LogP contribution in [0.1, 0.15) is 0 Å². The largest absolute Gasteiger partial charge is 0.228 e. The number of halogens is 1. The van der Waals surface area contributed by atoms with Gasteiger partial charge in [0.05, 0.1) is 5.69 Å². The third-order valence-electron chi connectivity index (χ3n) is 6.77. The van der Waals surface area contributed by atoms with Crippen molar-refractivity contribution in [1.29, 1.82) is 0 Å². The number of fused-ring (bicyclic) bond motifs is 3. The molecule has 0 unspecified atom stereocenters. The Bertz CT molecular complexity index is 1870. The van der Waals surface area contributed by atoms with Gasteiger partial charge in [-0.3, -0.25) is 0 Å². The minimum atomic E-state index is 0.748. The average Bonchev–Trinajstić information content (AvgIpc) is 3.35. The Morgan fingerprint density at radius 1 is 0.447 bits per heavy atom. The van der Waals surface area contributed by atoms with E-state index < -0.39 is 0 Å². The van der Waals surface area contributed by atoms with Gasteiger partial charge in [-0.05, 0) is 81.2 Å². The van der Waals surface area contributed by atoms with Crippen molar-refractivity contribution in [3.05, 3.63) is 131 Å². The fourth-order valence-electron chi connectivity index (χ4n) is 4.93. The van der Waals surface area contributed by atoms with Gasteiger partial charge in [0.1, 0.15) is 3.70 Å². The summed E-state index contributed by atoms with van der Waals surface area (Å²) in [5.41, 5.74) is 7.75. The van der Waals surface area contributed by atoms with Gasteiger partial charge in [0, 0.05) is 31.3 Å². The van der Waals surface area contributed by atoms with Crippen LogP contribution in [0.5, 0.6) is 0 Å². The third kappa shape index (κ3) is 4.40. The van der Waals surface area contributed by atoms with Crippen molar-refractivity contribution in [3.8, 4) is 44.9 Å². The van der Waals surface area contributed by atoms with Gasteiger partial charge in [-0.25, -0.2) is 9.97 Å². The molecule has 2 heterocycles. The van der Waals surface area contributed by atoms with Crippen molar-refractivity contribution in [2.45, 2.75) is 0 Å². The van der Waals surface area contributed by atoms with Crippen LogP contribution in [0.2, 0.25) is 0 Å². The van der Waals surface area contributed by atoms with Crippen LogP contribution in [0, 0.1) is 3.70 Å². The number of hydrogen-bond acceptors (Lipinski definition) is 3. The number of aromatic nitrogens is 2. The molecule has 38 heavy (non-hydrogen) atoms. The van der Waals surface area contributed by atoms with Crippen LogP contribution in [0.15, 0.2) is 127 Å². The van der Waals surface area contributed by atoms with Crippen LogP contribution < -0.4 is 0 Å². The number of thiophene rings is 1. The first kappa shape index (κ1) is 23.3. The summed E-state index contributed by atoms with van der Waals surface area (Å²) in [6.07, 6.45) is 0. The lowest BCUT2D eigenvalue weighted by atomic mass is 9.95.